The second-order valence-corrected chi connectivity index (χ2v) is 10.3. The Bertz CT molecular complexity index is 1490. The van der Waals surface area contributed by atoms with Crippen LogP contribution >= 0.6 is 23.2 Å². The molecule has 36 heavy (non-hydrogen) atoms. The van der Waals surface area contributed by atoms with Gasteiger partial charge in [-0.25, -0.2) is 13.1 Å². The van der Waals surface area contributed by atoms with Gasteiger partial charge in [-0.1, -0.05) is 53.5 Å². The topological polar surface area (TPSA) is 73.2 Å². The molecule has 4 rings (SSSR count). The minimum Gasteiger partial charge on any atom is -0.487 e. The molecule has 0 fully saturated rings. The predicted octanol–water partition coefficient (Wildman–Crippen LogP) is 6.82. The Labute approximate surface area is 215 Å². The number of hydrogen-bond donors (Lipinski definition) is 1. The number of alkyl halides is 3. The van der Waals surface area contributed by atoms with Gasteiger partial charge in [0, 0.05) is 5.69 Å². The van der Waals surface area contributed by atoms with E-state index < -0.39 is 21.9 Å². The van der Waals surface area contributed by atoms with Crippen molar-refractivity contribution in [3.8, 4) is 22.6 Å². The minimum atomic E-state index is -4.67. The molecule has 0 atom stereocenters. The molecule has 0 aliphatic rings. The molecule has 3 aromatic carbocycles. The molecule has 0 saturated heterocycles. The minimum absolute atomic E-state index is 0.0981. The summed E-state index contributed by atoms with van der Waals surface area (Å²) in [4.78, 5) is 0. The Balaban J connectivity index is 1.57. The van der Waals surface area contributed by atoms with Crippen molar-refractivity contribution in [3.63, 3.8) is 0 Å². The molecule has 1 heterocycles. The van der Waals surface area contributed by atoms with Gasteiger partial charge in [0.1, 0.15) is 18.0 Å². The molecular weight excluding hydrogens is 538 g/mol. The molecule has 6 nitrogen and oxygen atoms in total. The Kier molecular flexibility index (Phi) is 7.21. The number of ether oxygens (including phenoxy) is 1. The van der Waals surface area contributed by atoms with Crippen LogP contribution < -0.4 is 9.46 Å². The summed E-state index contributed by atoms with van der Waals surface area (Å²) in [6.07, 6.45) is -3.61. The van der Waals surface area contributed by atoms with E-state index in [1.165, 1.54) is 12.1 Å². The molecule has 1 aromatic heterocycles. The van der Waals surface area contributed by atoms with Crippen LogP contribution in [0.5, 0.6) is 5.75 Å². The van der Waals surface area contributed by atoms with Crippen LogP contribution in [0.25, 0.3) is 16.8 Å². The first-order chi connectivity index (χ1) is 16.9. The zero-order chi connectivity index (χ0) is 26.1. The van der Waals surface area contributed by atoms with E-state index in [4.69, 9.17) is 27.9 Å². The quantitative estimate of drug-likeness (QED) is 0.271. The summed E-state index contributed by atoms with van der Waals surface area (Å²) >= 11 is 12.4. The van der Waals surface area contributed by atoms with Crippen molar-refractivity contribution in [1.82, 2.24) is 9.78 Å². The number of nitrogens with zero attached hydrogens (tertiary/aromatic N) is 2. The highest BCUT2D eigenvalue weighted by molar-refractivity contribution is 7.92. The van der Waals surface area contributed by atoms with Crippen LogP contribution in [0.1, 0.15) is 11.4 Å². The Morgan fingerprint density at radius 3 is 2.19 bits per heavy atom. The fourth-order valence-electron chi connectivity index (χ4n) is 3.42. The van der Waals surface area contributed by atoms with Crippen LogP contribution in [-0.4, -0.2) is 24.5 Å². The summed E-state index contributed by atoms with van der Waals surface area (Å²) in [5.41, 5.74) is 1.08. The van der Waals surface area contributed by atoms with Crippen molar-refractivity contribution in [2.24, 2.45) is 0 Å². The average Bonchev–Trinajstić information content (AvgIpc) is 3.21. The number of sulfonamides is 1. The van der Waals surface area contributed by atoms with Crippen molar-refractivity contribution < 1.29 is 26.3 Å². The number of anilines is 1. The standard InChI is InChI=1S/C24H18Cl2F3N3O3S/c1-36(33,34)31-17-5-2-4-16(12-17)15-8-10-19(11-9-15)35-14-18-13-22(24(27,28)29)30-32(18)23-20(25)6-3-7-21(23)26/h2-13,31H,14H2,1H3. The third kappa shape index (κ3) is 6.13. The van der Waals surface area contributed by atoms with Crippen molar-refractivity contribution in [3.05, 3.63) is 94.2 Å². The number of benzene rings is 3. The van der Waals surface area contributed by atoms with Gasteiger partial charge >= 0.3 is 6.18 Å². The van der Waals surface area contributed by atoms with Crippen LogP contribution in [0, 0.1) is 0 Å². The first-order valence-corrected chi connectivity index (χ1v) is 13.0. The van der Waals surface area contributed by atoms with Gasteiger partial charge in [0.05, 0.1) is 22.0 Å². The molecule has 0 radical (unpaired) electrons. The summed E-state index contributed by atoms with van der Waals surface area (Å²) < 4.78 is 72.2. The first-order valence-electron chi connectivity index (χ1n) is 10.3. The van der Waals surface area contributed by atoms with E-state index >= 15 is 0 Å². The fourth-order valence-corrected chi connectivity index (χ4v) is 4.54. The van der Waals surface area contributed by atoms with Crippen LogP contribution in [0.2, 0.25) is 10.0 Å². The molecule has 0 amide bonds. The lowest BCUT2D eigenvalue weighted by atomic mass is 10.1. The Morgan fingerprint density at radius 2 is 1.58 bits per heavy atom. The van der Waals surface area contributed by atoms with E-state index in [0.29, 0.717) is 11.4 Å². The molecule has 0 bridgehead atoms. The summed E-state index contributed by atoms with van der Waals surface area (Å²) in [7, 11) is -3.42. The molecule has 0 unspecified atom stereocenters. The third-order valence-corrected chi connectivity index (χ3v) is 6.18. The average molecular weight is 556 g/mol. The Hall–Kier alpha value is -3.21. The molecule has 1 N–H and O–H groups in total. The van der Waals surface area contributed by atoms with Crippen LogP contribution in [-0.2, 0) is 22.8 Å². The second kappa shape index (κ2) is 10.0. The van der Waals surface area contributed by atoms with Gasteiger partial charge in [-0.3, -0.25) is 4.72 Å². The van der Waals surface area contributed by atoms with Crippen LogP contribution in [0.15, 0.2) is 72.8 Å². The second-order valence-electron chi connectivity index (χ2n) is 7.77. The lowest BCUT2D eigenvalue weighted by molar-refractivity contribution is -0.141. The van der Waals surface area contributed by atoms with Gasteiger partial charge in [-0.05, 0) is 53.6 Å². The number of para-hydroxylation sites is 1. The normalized spacial score (nSPS) is 11.9. The maximum absolute atomic E-state index is 13.4. The van der Waals surface area contributed by atoms with E-state index in [2.05, 4.69) is 9.82 Å². The zero-order valence-corrected chi connectivity index (χ0v) is 20.9. The van der Waals surface area contributed by atoms with E-state index in [0.717, 1.165) is 28.1 Å². The van der Waals surface area contributed by atoms with E-state index in [-0.39, 0.29) is 28.0 Å². The molecule has 0 aliphatic carbocycles. The SMILES string of the molecule is CS(=O)(=O)Nc1cccc(-c2ccc(OCc3cc(C(F)(F)F)nn3-c3c(Cl)cccc3Cl)cc2)c1. The monoisotopic (exact) mass is 555 g/mol. The third-order valence-electron chi connectivity index (χ3n) is 4.96. The van der Waals surface area contributed by atoms with E-state index in [1.54, 1.807) is 48.5 Å². The van der Waals surface area contributed by atoms with Crippen molar-refractivity contribution in [2.75, 3.05) is 11.0 Å². The number of rotatable bonds is 7. The smallest absolute Gasteiger partial charge is 0.435 e. The Morgan fingerprint density at radius 1 is 0.944 bits per heavy atom. The number of aromatic nitrogens is 2. The summed E-state index contributed by atoms with van der Waals surface area (Å²) in [5.74, 6) is 0.399. The molecule has 12 heteroatoms. The highest BCUT2D eigenvalue weighted by Gasteiger charge is 2.35. The van der Waals surface area contributed by atoms with Gasteiger partial charge in [-0.15, -0.1) is 0 Å². The lowest BCUT2D eigenvalue weighted by Crippen LogP contribution is -2.09. The molecule has 0 spiro atoms. The van der Waals surface area contributed by atoms with Crippen molar-refractivity contribution in [2.45, 2.75) is 12.8 Å². The zero-order valence-electron chi connectivity index (χ0n) is 18.6. The van der Waals surface area contributed by atoms with Gasteiger partial charge in [0.15, 0.2) is 5.69 Å². The van der Waals surface area contributed by atoms with Gasteiger partial charge in [-0.2, -0.15) is 18.3 Å². The van der Waals surface area contributed by atoms with E-state index in [9.17, 15) is 21.6 Å². The summed E-state index contributed by atoms with van der Waals surface area (Å²) in [6, 6.07) is 19.1. The maximum Gasteiger partial charge on any atom is 0.435 e. The van der Waals surface area contributed by atoms with E-state index in [1.807, 2.05) is 6.07 Å². The maximum atomic E-state index is 13.4. The molecule has 0 saturated carbocycles. The van der Waals surface area contributed by atoms with Crippen molar-refractivity contribution in [1.29, 1.82) is 0 Å². The summed E-state index contributed by atoms with van der Waals surface area (Å²) in [5, 5.41) is 3.94. The fraction of sp³-hybridized carbons (Fsp3) is 0.125. The molecule has 0 aliphatic heterocycles. The highest BCUT2D eigenvalue weighted by atomic mass is 35.5. The number of halogens is 5. The largest absolute Gasteiger partial charge is 0.487 e. The van der Waals surface area contributed by atoms with Gasteiger partial charge in [0.25, 0.3) is 0 Å². The number of hydrogen-bond acceptors (Lipinski definition) is 4. The first kappa shape index (κ1) is 25.9. The van der Waals surface area contributed by atoms with Crippen LogP contribution in [0.3, 0.4) is 0 Å². The highest BCUT2D eigenvalue weighted by Crippen LogP contribution is 2.34. The molecule has 188 valence electrons. The molecular formula is C24H18Cl2F3N3O3S. The van der Waals surface area contributed by atoms with Crippen molar-refractivity contribution >= 4 is 38.9 Å². The summed E-state index contributed by atoms with van der Waals surface area (Å²) in [6.45, 7) is -0.238. The predicted molar refractivity (Wildman–Crippen MR) is 133 cm³/mol. The molecule has 4 aromatic rings. The van der Waals surface area contributed by atoms with Gasteiger partial charge < -0.3 is 4.74 Å². The number of nitrogens with one attached hydrogen (secondary N) is 1. The van der Waals surface area contributed by atoms with Gasteiger partial charge in [0.2, 0.25) is 10.0 Å². The lowest BCUT2D eigenvalue weighted by Gasteiger charge is -2.12. The van der Waals surface area contributed by atoms with Crippen LogP contribution in [0.4, 0.5) is 18.9 Å².